The van der Waals surface area contributed by atoms with Gasteiger partial charge in [0.25, 0.3) is 5.91 Å². The Labute approximate surface area is 115 Å². The number of nitrogens with one attached hydrogen (secondary N) is 2. The lowest BCUT2D eigenvalue weighted by Gasteiger charge is -2.30. The number of carbonyl (C=O) groups is 2. The fourth-order valence-corrected chi connectivity index (χ4v) is 2.39. The highest BCUT2D eigenvalue weighted by Gasteiger charge is 2.27. The third-order valence-corrected chi connectivity index (χ3v) is 3.52. The summed E-state index contributed by atoms with van der Waals surface area (Å²) in [5.41, 5.74) is 0.965. The van der Waals surface area contributed by atoms with Crippen LogP contribution in [0, 0.1) is 0 Å². The molecule has 2 aromatic rings. The molecule has 0 spiro atoms. The summed E-state index contributed by atoms with van der Waals surface area (Å²) in [6, 6.07) is 1.61. The van der Waals surface area contributed by atoms with Crippen molar-refractivity contribution in [2.75, 3.05) is 0 Å². The molecule has 2 amide bonds. The van der Waals surface area contributed by atoms with Gasteiger partial charge >= 0.3 is 0 Å². The van der Waals surface area contributed by atoms with Gasteiger partial charge in [0.1, 0.15) is 5.56 Å². The fraction of sp³-hybridized carbons (Fsp3) is 0.385. The van der Waals surface area contributed by atoms with E-state index in [1.165, 1.54) is 6.20 Å². The molecule has 2 N–H and O–H groups in total. The summed E-state index contributed by atoms with van der Waals surface area (Å²) in [5.74, 6) is -0.188. The minimum absolute atomic E-state index is 0.0284. The lowest BCUT2D eigenvalue weighted by atomic mass is 9.99. The highest BCUT2D eigenvalue weighted by Crippen LogP contribution is 2.12. The van der Waals surface area contributed by atoms with Crippen molar-refractivity contribution in [2.45, 2.75) is 31.8 Å². The van der Waals surface area contributed by atoms with E-state index in [9.17, 15) is 9.59 Å². The number of hydrogen-bond donors (Lipinski definition) is 2. The molecular weight excluding hydrogens is 258 g/mol. The van der Waals surface area contributed by atoms with Gasteiger partial charge in [-0.25, -0.2) is 9.50 Å². The van der Waals surface area contributed by atoms with E-state index in [0.29, 0.717) is 24.1 Å². The number of piperidine rings is 1. The number of fused-ring (bicyclic) bond motifs is 1. The van der Waals surface area contributed by atoms with Crippen molar-refractivity contribution in [3.63, 3.8) is 0 Å². The molecule has 7 nitrogen and oxygen atoms in total. The second-order valence-electron chi connectivity index (χ2n) is 4.92. The van der Waals surface area contributed by atoms with Crippen LogP contribution in [0.15, 0.2) is 24.7 Å². The lowest BCUT2D eigenvalue weighted by Crippen LogP contribution is -2.53. The standard InChI is InChI=1S/C13H15N5O2/c1-8-10(3-4-11(19)16-8)17-13(20)9-7-15-18-6-2-5-14-12(9)18/h2,5-8,10H,3-4H2,1H3,(H,16,19)(H,17,20). The van der Waals surface area contributed by atoms with E-state index in [-0.39, 0.29) is 23.9 Å². The first-order chi connectivity index (χ1) is 9.65. The molecule has 7 heteroatoms. The van der Waals surface area contributed by atoms with Crippen LogP contribution in [0.3, 0.4) is 0 Å². The Morgan fingerprint density at radius 3 is 3.20 bits per heavy atom. The third kappa shape index (κ3) is 2.22. The van der Waals surface area contributed by atoms with Crippen LogP contribution in [0.25, 0.3) is 5.65 Å². The average Bonchev–Trinajstić information content (AvgIpc) is 2.86. The number of aromatic nitrogens is 3. The first kappa shape index (κ1) is 12.6. The van der Waals surface area contributed by atoms with E-state index in [0.717, 1.165) is 0 Å². The maximum absolute atomic E-state index is 12.3. The Hall–Kier alpha value is -2.44. The van der Waals surface area contributed by atoms with Gasteiger partial charge in [-0.05, 0) is 19.4 Å². The Morgan fingerprint density at radius 1 is 1.55 bits per heavy atom. The van der Waals surface area contributed by atoms with Crippen molar-refractivity contribution >= 4 is 17.5 Å². The molecule has 0 aliphatic carbocycles. The summed E-state index contributed by atoms with van der Waals surface area (Å²) in [6.07, 6.45) is 5.94. The SMILES string of the molecule is CC1NC(=O)CCC1NC(=O)c1cnn2cccnc12. The summed E-state index contributed by atoms with van der Waals surface area (Å²) in [7, 11) is 0. The lowest BCUT2D eigenvalue weighted by molar-refractivity contribution is -0.123. The zero-order chi connectivity index (χ0) is 14.1. The topological polar surface area (TPSA) is 88.4 Å². The molecule has 3 rings (SSSR count). The number of nitrogens with zero attached hydrogens (tertiary/aromatic N) is 3. The molecule has 0 bridgehead atoms. The van der Waals surface area contributed by atoms with E-state index in [1.54, 1.807) is 23.0 Å². The fourth-order valence-electron chi connectivity index (χ4n) is 2.39. The summed E-state index contributed by atoms with van der Waals surface area (Å²) in [4.78, 5) is 27.7. The third-order valence-electron chi connectivity index (χ3n) is 3.52. The van der Waals surface area contributed by atoms with Crippen LogP contribution in [0.4, 0.5) is 0 Å². The van der Waals surface area contributed by atoms with Gasteiger partial charge in [-0.15, -0.1) is 0 Å². The van der Waals surface area contributed by atoms with E-state index in [1.807, 2.05) is 6.92 Å². The van der Waals surface area contributed by atoms with Crippen molar-refractivity contribution in [3.8, 4) is 0 Å². The van der Waals surface area contributed by atoms with Crippen molar-refractivity contribution in [1.29, 1.82) is 0 Å². The molecular formula is C13H15N5O2. The Kier molecular flexibility index (Phi) is 3.09. The van der Waals surface area contributed by atoms with E-state index in [4.69, 9.17) is 0 Å². The molecule has 2 unspecified atom stereocenters. The molecule has 3 heterocycles. The predicted octanol–water partition coefficient (Wildman–Crippen LogP) is 0.126. The second kappa shape index (κ2) is 4.92. The number of hydrogen-bond acceptors (Lipinski definition) is 4. The zero-order valence-corrected chi connectivity index (χ0v) is 11.0. The molecule has 2 atom stereocenters. The van der Waals surface area contributed by atoms with Crippen molar-refractivity contribution in [2.24, 2.45) is 0 Å². The van der Waals surface area contributed by atoms with Crippen LogP contribution >= 0.6 is 0 Å². The normalized spacial score (nSPS) is 22.6. The van der Waals surface area contributed by atoms with E-state index < -0.39 is 0 Å². The maximum Gasteiger partial charge on any atom is 0.257 e. The molecule has 0 radical (unpaired) electrons. The predicted molar refractivity (Wildman–Crippen MR) is 71.1 cm³/mol. The Balaban J connectivity index is 1.78. The van der Waals surface area contributed by atoms with Gasteiger partial charge in [-0.1, -0.05) is 0 Å². The van der Waals surface area contributed by atoms with Crippen LogP contribution in [0.2, 0.25) is 0 Å². The second-order valence-corrected chi connectivity index (χ2v) is 4.92. The average molecular weight is 273 g/mol. The highest BCUT2D eigenvalue weighted by atomic mass is 16.2. The molecule has 1 saturated heterocycles. The largest absolute Gasteiger partial charge is 0.352 e. The van der Waals surface area contributed by atoms with Crippen molar-refractivity contribution in [3.05, 3.63) is 30.2 Å². The van der Waals surface area contributed by atoms with Crippen LogP contribution < -0.4 is 10.6 Å². The molecule has 2 aromatic heterocycles. The smallest absolute Gasteiger partial charge is 0.257 e. The summed E-state index contributed by atoms with van der Waals surface area (Å²) in [6.45, 7) is 1.89. The van der Waals surface area contributed by atoms with E-state index in [2.05, 4.69) is 20.7 Å². The highest BCUT2D eigenvalue weighted by molar-refractivity contribution is 5.99. The Bertz CT molecular complexity index is 666. The number of rotatable bonds is 2. The number of amides is 2. The van der Waals surface area contributed by atoms with Gasteiger partial charge in [-0.2, -0.15) is 5.10 Å². The van der Waals surface area contributed by atoms with E-state index >= 15 is 0 Å². The van der Waals surface area contributed by atoms with Crippen molar-refractivity contribution < 1.29 is 9.59 Å². The Morgan fingerprint density at radius 2 is 2.40 bits per heavy atom. The summed E-state index contributed by atoms with van der Waals surface area (Å²) < 4.78 is 1.56. The van der Waals surface area contributed by atoms with Crippen LogP contribution in [0.1, 0.15) is 30.1 Å². The van der Waals surface area contributed by atoms with Gasteiger partial charge in [0.05, 0.1) is 6.20 Å². The molecule has 0 saturated carbocycles. The van der Waals surface area contributed by atoms with Gasteiger partial charge in [-0.3, -0.25) is 9.59 Å². The first-order valence-corrected chi connectivity index (χ1v) is 6.54. The van der Waals surface area contributed by atoms with Crippen molar-refractivity contribution in [1.82, 2.24) is 25.2 Å². The van der Waals surface area contributed by atoms with Gasteiger partial charge in [0.15, 0.2) is 5.65 Å². The monoisotopic (exact) mass is 273 g/mol. The maximum atomic E-state index is 12.3. The van der Waals surface area contributed by atoms with Gasteiger partial charge in [0, 0.05) is 30.9 Å². The molecule has 1 aliphatic heterocycles. The summed E-state index contributed by atoms with van der Waals surface area (Å²) in [5, 5.41) is 9.85. The molecule has 20 heavy (non-hydrogen) atoms. The first-order valence-electron chi connectivity index (χ1n) is 6.54. The number of carbonyl (C=O) groups excluding carboxylic acids is 2. The van der Waals surface area contributed by atoms with Crippen LogP contribution in [0.5, 0.6) is 0 Å². The summed E-state index contributed by atoms with van der Waals surface area (Å²) >= 11 is 0. The molecule has 0 aromatic carbocycles. The zero-order valence-electron chi connectivity index (χ0n) is 11.0. The van der Waals surface area contributed by atoms with Crippen LogP contribution in [-0.4, -0.2) is 38.5 Å². The molecule has 1 aliphatic rings. The van der Waals surface area contributed by atoms with Crippen LogP contribution in [-0.2, 0) is 4.79 Å². The minimum atomic E-state index is -0.216. The van der Waals surface area contributed by atoms with Gasteiger partial charge in [0.2, 0.25) is 5.91 Å². The van der Waals surface area contributed by atoms with Gasteiger partial charge < -0.3 is 10.6 Å². The quantitative estimate of drug-likeness (QED) is 0.814. The minimum Gasteiger partial charge on any atom is -0.352 e. The molecule has 1 fully saturated rings. The molecule has 104 valence electrons.